The highest BCUT2D eigenvalue weighted by atomic mass is 31.2. The average molecular weight is 1740 g/mol. The molecule has 6 atom stereocenters. The monoisotopic (exact) mass is 1740 g/mol. The summed E-state index contributed by atoms with van der Waals surface area (Å²) in [5.74, 6) is 2.47. The summed E-state index contributed by atoms with van der Waals surface area (Å²) in [5, 5.41) is 59.0. The highest BCUT2D eigenvalue weighted by molar-refractivity contribution is 7.70. The Kier molecular flexibility index (Phi) is 27.5. The number of phenolic OH excluding ortho intramolecular Hbond substituents is 6. The van der Waals surface area contributed by atoms with Crippen LogP contribution in [0.2, 0.25) is 0 Å². The van der Waals surface area contributed by atoms with Gasteiger partial charge in [0, 0.05) is 34.2 Å². The van der Waals surface area contributed by atoms with Crippen LogP contribution < -0.4 is 48.7 Å². The smallest absolute Gasteiger partial charge is 0.463 e. The number of para-hydroxylation sites is 6. The van der Waals surface area contributed by atoms with Gasteiger partial charge in [-0.15, -0.1) is 0 Å². The number of carbonyl (C=O) groups excluding carboxylic acids is 2. The number of rotatable bonds is 10. The fraction of sp³-hybridized carbons (Fsp3) is 0.107. The Morgan fingerprint density at radius 1 is 0.360 bits per heavy atom. The van der Waals surface area contributed by atoms with Crippen LogP contribution in [0.15, 0.2) is 376 Å². The van der Waals surface area contributed by atoms with Gasteiger partial charge >= 0.3 is 7.60 Å². The maximum Gasteiger partial charge on any atom is 0.463 e. The van der Waals surface area contributed by atoms with Gasteiger partial charge in [0.25, 0.3) is 22.1 Å². The van der Waals surface area contributed by atoms with Gasteiger partial charge in [-0.2, -0.15) is 0 Å². The molecule has 6 unspecified atom stereocenters. The summed E-state index contributed by atoms with van der Waals surface area (Å²) in [6, 6.07) is 110. The van der Waals surface area contributed by atoms with Crippen molar-refractivity contribution in [3.05, 3.63) is 398 Å². The summed E-state index contributed by atoms with van der Waals surface area (Å²) in [5.41, 5.74) is 8.65. The highest BCUT2D eigenvalue weighted by Gasteiger charge is 2.59. The van der Waals surface area contributed by atoms with Crippen LogP contribution >= 0.6 is 29.7 Å². The SMILES string of the molecule is C.CC.CC(c1ccc(O)cc1)P1(=O)Oc2ccccc2-c2ccccc21.CCC.O=C1CC(P2(=O)Oc3ccccc3-c3ccccc32)C(=O)N1c1ccc(O)cc1.O=P1(C(c2ccc(O)cc2)(c2ccc(O)cc2)c2ccc(O)cc2)Oc2ccccc2-c2ccccc21.O=P1(Oc2ccccc2)Oc2ccccc2-c2ccccc21.Oc1ccccc1. The summed E-state index contributed by atoms with van der Waals surface area (Å²) in [7, 11) is -14.2. The summed E-state index contributed by atoms with van der Waals surface area (Å²) >= 11 is 0. The molecule has 2 amide bonds. The second kappa shape index (κ2) is 38.7. The van der Waals surface area contributed by atoms with E-state index in [0.29, 0.717) is 72.8 Å². The molecule has 18 nitrogen and oxygen atoms in total. The largest absolute Gasteiger partial charge is 0.508 e. The minimum absolute atomic E-state index is 0. The predicted octanol–water partition coefficient (Wildman–Crippen LogP) is 24.7. The molecule has 0 aliphatic carbocycles. The molecule has 20 rings (SSSR count). The van der Waals surface area contributed by atoms with Gasteiger partial charge in [0.2, 0.25) is 11.8 Å². The first kappa shape index (κ1) is 88.9. The van der Waals surface area contributed by atoms with Gasteiger partial charge in [-0.05, 0) is 191 Å². The quantitative estimate of drug-likeness (QED) is 0.0422. The molecule has 1 saturated heterocycles. The van der Waals surface area contributed by atoms with Crippen molar-refractivity contribution < 1.29 is 81.1 Å². The van der Waals surface area contributed by atoms with E-state index in [1.54, 1.807) is 164 Å². The Hall–Kier alpha value is -13.8. The van der Waals surface area contributed by atoms with Crippen molar-refractivity contribution in [3.63, 3.8) is 0 Å². The van der Waals surface area contributed by atoms with Crippen molar-refractivity contribution in [1.29, 1.82) is 0 Å². The Bertz CT molecular complexity index is 6400. The first-order chi connectivity index (χ1) is 60.1. The number of carbonyl (C=O) groups is 2. The van der Waals surface area contributed by atoms with E-state index in [4.69, 9.17) is 27.7 Å². The molecule has 5 aliphatic rings. The Labute approximate surface area is 727 Å². The molecular formula is C103H93NO17P4. The van der Waals surface area contributed by atoms with Crippen LogP contribution in [0.4, 0.5) is 5.69 Å². The van der Waals surface area contributed by atoms with Gasteiger partial charge < -0.3 is 53.3 Å². The molecule has 0 spiro atoms. The average Bonchev–Trinajstić information content (AvgIpc) is 0.850. The van der Waals surface area contributed by atoms with Crippen LogP contribution in [0.5, 0.6) is 63.2 Å². The van der Waals surface area contributed by atoms with E-state index in [1.165, 1.54) is 30.7 Å². The van der Waals surface area contributed by atoms with Crippen molar-refractivity contribution in [2.24, 2.45) is 0 Å². The zero-order valence-electron chi connectivity index (χ0n) is 68.3. The molecule has 15 aromatic carbocycles. The van der Waals surface area contributed by atoms with Gasteiger partial charge in [-0.25, -0.2) is 9.46 Å². The number of benzene rings is 15. The highest BCUT2D eigenvalue weighted by Crippen LogP contribution is 2.72. The maximum atomic E-state index is 15.9. The molecule has 0 saturated carbocycles. The molecular weight excluding hydrogens is 1650 g/mol. The molecule has 632 valence electrons. The molecule has 5 aliphatic heterocycles. The number of amides is 2. The van der Waals surface area contributed by atoms with Crippen molar-refractivity contribution in [2.45, 2.75) is 71.4 Å². The van der Waals surface area contributed by atoms with Gasteiger partial charge in [0.15, 0.2) is 0 Å². The van der Waals surface area contributed by atoms with Gasteiger partial charge in [0.05, 0.1) is 32.6 Å². The van der Waals surface area contributed by atoms with E-state index in [0.717, 1.165) is 60.3 Å². The number of phenols is 6. The number of hydrogen-bond acceptors (Lipinski definition) is 17. The number of aromatic hydroxyl groups is 6. The topological polar surface area (TPSA) is 273 Å². The molecule has 15 aromatic rings. The summed E-state index contributed by atoms with van der Waals surface area (Å²) in [6.45, 7) is 10.2. The lowest BCUT2D eigenvalue weighted by atomic mass is 9.83. The van der Waals surface area contributed by atoms with Crippen LogP contribution in [-0.4, -0.2) is 48.1 Å². The first-order valence-corrected chi connectivity index (χ1v) is 46.9. The zero-order valence-corrected chi connectivity index (χ0v) is 71.9. The molecule has 22 heteroatoms. The number of nitrogens with zero attached hydrogens (tertiary/aromatic N) is 1. The number of hydrogen-bond donors (Lipinski definition) is 6. The molecule has 6 N–H and O–H groups in total. The second-order valence-electron chi connectivity index (χ2n) is 29.0. The van der Waals surface area contributed by atoms with E-state index < -0.39 is 52.3 Å². The van der Waals surface area contributed by atoms with E-state index >= 15 is 4.57 Å². The second-order valence-corrected chi connectivity index (χ2v) is 38.4. The molecule has 0 bridgehead atoms. The molecule has 1 fully saturated rings. The van der Waals surface area contributed by atoms with Crippen LogP contribution in [0, 0.1) is 0 Å². The Morgan fingerprint density at radius 2 is 0.672 bits per heavy atom. The van der Waals surface area contributed by atoms with E-state index in [9.17, 15) is 48.8 Å². The molecule has 0 aromatic heterocycles. The number of anilines is 1. The number of fused-ring (bicyclic) bond motifs is 12. The molecule has 0 radical (unpaired) electrons. The van der Waals surface area contributed by atoms with Crippen LogP contribution in [0.3, 0.4) is 0 Å². The predicted molar refractivity (Wildman–Crippen MR) is 498 cm³/mol. The third-order valence-corrected chi connectivity index (χ3v) is 31.7. The fourth-order valence-electron chi connectivity index (χ4n) is 15.4. The fourth-order valence-corrected chi connectivity index (χ4v) is 25.6. The molecule has 125 heavy (non-hydrogen) atoms. The standard InChI is InChI=1S/C31H23O5P.C22H16NO5P.C20H17O3P.C18H13O3P.C6H6O.C3H8.C2H6.CH4/c32-24-15-9-21(10-16-24)31(22-11-17-25(33)18-12-22,23-13-19-26(34)20-14-23)37(35)30-8-4-2-6-28(30)27-5-1-3-7-29(27)36-37;24-15-11-9-14(10-12-15)23-21(25)13-20(22(23)26)29(27)19-8-4-2-6-17(19)16-5-1-3-7-18(16)28-29;1-14(15-10-12-16(21)13-11-15)24(22)20-9-5-3-7-18(20)17-6-2-4-8-19(17)23-24;19-22(20-14-8-2-1-3-9-14)18-13-7-5-11-16(18)15-10-4-6-12-17(15)21-22;7-6-4-2-1-3-5-6;1-3-2;1-2;/h1-20,32-34H;1-12,20,24H,13H2;2-14,21H,1H3;1-13H;1-5,7H;3H2,1-2H3;1-2H3;1H4. The normalized spacial score (nSPS) is 17.9. The van der Waals surface area contributed by atoms with Gasteiger partial charge in [-0.1, -0.05) is 272 Å². The van der Waals surface area contributed by atoms with Crippen molar-refractivity contribution in [3.8, 4) is 108 Å². The summed E-state index contributed by atoms with van der Waals surface area (Å²) in [4.78, 5) is 26.9. The minimum atomic E-state index is -3.93. The molecule has 5 heterocycles. The third kappa shape index (κ3) is 17.9. The van der Waals surface area contributed by atoms with Crippen molar-refractivity contribution in [2.75, 3.05) is 4.90 Å². The Morgan fingerprint density at radius 3 is 1.10 bits per heavy atom. The van der Waals surface area contributed by atoms with Crippen molar-refractivity contribution in [1.82, 2.24) is 0 Å². The summed E-state index contributed by atoms with van der Waals surface area (Å²) in [6.07, 6.45) is 1.05. The zero-order chi connectivity index (χ0) is 87.3. The number of imide groups is 1. The lowest BCUT2D eigenvalue weighted by molar-refractivity contribution is -0.121. The van der Waals surface area contributed by atoms with E-state index in [2.05, 4.69) is 13.8 Å². The lowest BCUT2D eigenvalue weighted by Crippen LogP contribution is -2.37. The van der Waals surface area contributed by atoms with Gasteiger partial charge in [0.1, 0.15) is 74.1 Å². The van der Waals surface area contributed by atoms with E-state index in [-0.39, 0.29) is 48.3 Å². The first-order valence-electron chi connectivity index (χ1n) is 40.3. The summed E-state index contributed by atoms with van der Waals surface area (Å²) < 4.78 is 87.5. The maximum absolute atomic E-state index is 15.9. The van der Waals surface area contributed by atoms with E-state index in [1.807, 2.05) is 209 Å². The van der Waals surface area contributed by atoms with Crippen LogP contribution in [0.1, 0.15) is 82.8 Å². The minimum Gasteiger partial charge on any atom is -0.508 e. The Balaban J connectivity index is 0.000000138. The van der Waals surface area contributed by atoms with Crippen LogP contribution in [-0.2, 0) is 33.0 Å². The van der Waals surface area contributed by atoms with Crippen molar-refractivity contribution >= 4 is 68.4 Å². The van der Waals surface area contributed by atoms with Crippen LogP contribution in [0.25, 0.3) is 44.5 Å². The third-order valence-electron chi connectivity index (χ3n) is 21.1. The van der Waals surface area contributed by atoms with Gasteiger partial charge in [-0.3, -0.25) is 23.3 Å². The lowest BCUT2D eigenvalue weighted by Gasteiger charge is -2.44.